The Morgan fingerprint density at radius 1 is 1.11 bits per heavy atom. The molecule has 37 heavy (non-hydrogen) atoms. The second-order valence-electron chi connectivity index (χ2n) is 8.29. The summed E-state index contributed by atoms with van der Waals surface area (Å²) in [4.78, 5) is 34.1. The number of anilines is 1. The van der Waals surface area contributed by atoms with Crippen LogP contribution in [0, 0.1) is 6.92 Å². The molecule has 0 aliphatic rings. The fourth-order valence-corrected chi connectivity index (χ4v) is 4.84. The molecule has 0 saturated carbocycles. The second kappa shape index (κ2) is 9.60. The molecule has 0 unspecified atom stereocenters. The molecule has 0 radical (unpaired) electrons. The van der Waals surface area contributed by atoms with Crippen molar-refractivity contribution in [1.29, 1.82) is 0 Å². The van der Waals surface area contributed by atoms with Gasteiger partial charge in [-0.05, 0) is 43.3 Å². The van der Waals surface area contributed by atoms with E-state index in [1.807, 2.05) is 43.3 Å². The molecule has 2 N–H and O–H groups in total. The van der Waals surface area contributed by atoms with E-state index in [2.05, 4.69) is 10.3 Å². The van der Waals surface area contributed by atoms with Gasteiger partial charge in [-0.2, -0.15) is 13.2 Å². The Labute approximate surface area is 217 Å². The predicted octanol–water partition coefficient (Wildman–Crippen LogP) is 6.58. The summed E-state index contributed by atoms with van der Waals surface area (Å²) in [5.41, 5.74) is 1.68. The highest BCUT2D eigenvalue weighted by Gasteiger charge is 2.31. The summed E-state index contributed by atoms with van der Waals surface area (Å²) in [5.74, 6) is -0.825. The third-order valence-corrected chi connectivity index (χ3v) is 6.95. The molecule has 2 heterocycles. The van der Waals surface area contributed by atoms with Gasteiger partial charge in [0, 0.05) is 10.9 Å². The normalized spacial score (nSPS) is 11.8. The maximum Gasteiger partial charge on any atom is 0.416 e. The molecular weight excluding hydrogens is 525 g/mol. The van der Waals surface area contributed by atoms with Crippen LogP contribution in [-0.4, -0.2) is 26.2 Å². The number of aromatic nitrogens is 3. The van der Waals surface area contributed by atoms with Gasteiger partial charge in [-0.3, -0.25) is 14.2 Å². The van der Waals surface area contributed by atoms with E-state index in [9.17, 15) is 22.8 Å². The number of rotatable bonds is 5. The molecule has 0 fully saturated rings. The Bertz CT molecular complexity index is 1710. The summed E-state index contributed by atoms with van der Waals surface area (Å²) in [6, 6.07) is 17.3. The third kappa shape index (κ3) is 4.94. The number of hydrogen-bond acceptors (Lipinski definition) is 4. The number of H-pyrrole nitrogens is 1. The standard InChI is InChI=1S/C26H18ClF3N4O2S/c1-14-6-9-16(10-7-14)34-24(36)23-22(17-4-2-3-5-19(17)32-23)33-25(34)37-13-21(35)31-20-12-15(26(28,29)30)8-11-18(20)27/h2-12,32H,13H2,1H3,(H,31,35). The van der Waals surface area contributed by atoms with Gasteiger partial charge in [0.25, 0.3) is 5.56 Å². The van der Waals surface area contributed by atoms with Crippen LogP contribution in [0.3, 0.4) is 0 Å². The maximum atomic E-state index is 13.6. The molecule has 0 bridgehead atoms. The molecule has 5 rings (SSSR count). The molecule has 0 spiro atoms. The minimum absolute atomic E-state index is 0.0266. The fraction of sp³-hybridized carbons (Fsp3) is 0.115. The summed E-state index contributed by atoms with van der Waals surface area (Å²) in [6.07, 6.45) is -4.58. The van der Waals surface area contributed by atoms with Crippen LogP contribution in [0.5, 0.6) is 0 Å². The summed E-state index contributed by atoms with van der Waals surface area (Å²) < 4.78 is 40.7. The van der Waals surface area contributed by atoms with Crippen molar-refractivity contribution >= 4 is 56.9 Å². The number of amides is 1. The quantitative estimate of drug-likeness (QED) is 0.194. The van der Waals surface area contributed by atoms with Gasteiger partial charge < -0.3 is 10.3 Å². The van der Waals surface area contributed by atoms with Crippen LogP contribution in [-0.2, 0) is 11.0 Å². The minimum atomic E-state index is -4.58. The smallest absolute Gasteiger partial charge is 0.349 e. The highest BCUT2D eigenvalue weighted by atomic mass is 35.5. The van der Waals surface area contributed by atoms with Crippen molar-refractivity contribution in [2.45, 2.75) is 18.3 Å². The Hall–Kier alpha value is -3.76. The lowest BCUT2D eigenvalue weighted by molar-refractivity contribution is -0.137. The average Bonchev–Trinajstić information content (AvgIpc) is 3.23. The number of aromatic amines is 1. The van der Waals surface area contributed by atoms with E-state index in [1.165, 1.54) is 4.57 Å². The third-order valence-electron chi connectivity index (χ3n) is 5.69. The number of para-hydroxylation sites is 1. The lowest BCUT2D eigenvalue weighted by Gasteiger charge is -2.13. The summed E-state index contributed by atoms with van der Waals surface area (Å²) >= 11 is 7.00. The largest absolute Gasteiger partial charge is 0.416 e. The number of halogens is 4. The molecule has 5 aromatic rings. The molecule has 0 aliphatic carbocycles. The molecule has 2 aromatic heterocycles. The van der Waals surface area contributed by atoms with Crippen LogP contribution < -0.4 is 10.9 Å². The predicted molar refractivity (Wildman–Crippen MR) is 140 cm³/mol. The maximum absolute atomic E-state index is 13.6. The van der Waals surface area contributed by atoms with E-state index in [0.717, 1.165) is 46.4 Å². The Balaban J connectivity index is 1.51. The summed E-state index contributed by atoms with van der Waals surface area (Å²) in [6.45, 7) is 1.92. The first-order valence-corrected chi connectivity index (χ1v) is 12.4. The number of benzene rings is 3. The van der Waals surface area contributed by atoms with Gasteiger partial charge in [0.1, 0.15) is 11.0 Å². The Morgan fingerprint density at radius 3 is 2.57 bits per heavy atom. The van der Waals surface area contributed by atoms with Gasteiger partial charge in [0.05, 0.1) is 27.7 Å². The molecule has 1 amide bonds. The van der Waals surface area contributed by atoms with Crippen molar-refractivity contribution in [3.63, 3.8) is 0 Å². The fourth-order valence-electron chi connectivity index (χ4n) is 3.87. The highest BCUT2D eigenvalue weighted by Crippen LogP contribution is 2.34. The van der Waals surface area contributed by atoms with Crippen molar-refractivity contribution in [3.05, 3.63) is 93.2 Å². The second-order valence-corrected chi connectivity index (χ2v) is 9.64. The number of hydrogen-bond donors (Lipinski definition) is 2. The van der Waals surface area contributed by atoms with Gasteiger partial charge in [0.15, 0.2) is 5.16 Å². The van der Waals surface area contributed by atoms with Crippen LogP contribution in [0.1, 0.15) is 11.1 Å². The molecular formula is C26H18ClF3N4O2S. The molecule has 0 aliphatic heterocycles. The van der Waals surface area contributed by atoms with E-state index in [0.29, 0.717) is 16.7 Å². The van der Waals surface area contributed by atoms with Crippen molar-refractivity contribution < 1.29 is 18.0 Å². The monoisotopic (exact) mass is 542 g/mol. The van der Waals surface area contributed by atoms with Crippen LogP contribution >= 0.6 is 23.4 Å². The lowest BCUT2D eigenvalue weighted by atomic mass is 10.2. The van der Waals surface area contributed by atoms with Crippen molar-refractivity contribution in [2.24, 2.45) is 0 Å². The van der Waals surface area contributed by atoms with Gasteiger partial charge >= 0.3 is 6.18 Å². The van der Waals surface area contributed by atoms with E-state index in [-0.39, 0.29) is 27.2 Å². The van der Waals surface area contributed by atoms with Crippen molar-refractivity contribution in [2.75, 3.05) is 11.1 Å². The number of nitrogens with one attached hydrogen (secondary N) is 2. The first kappa shape index (κ1) is 24.9. The molecule has 0 saturated heterocycles. The van der Waals surface area contributed by atoms with Crippen molar-refractivity contribution in [3.8, 4) is 5.69 Å². The number of aryl methyl sites for hydroxylation is 1. The zero-order chi connectivity index (χ0) is 26.3. The minimum Gasteiger partial charge on any atom is -0.349 e. The number of nitrogens with zero attached hydrogens (tertiary/aromatic N) is 2. The number of alkyl halides is 3. The van der Waals surface area contributed by atoms with Crippen LogP contribution in [0.15, 0.2) is 76.7 Å². The topological polar surface area (TPSA) is 79.8 Å². The van der Waals surface area contributed by atoms with Gasteiger partial charge in [-0.15, -0.1) is 0 Å². The Morgan fingerprint density at radius 2 is 1.84 bits per heavy atom. The van der Waals surface area contributed by atoms with Gasteiger partial charge in [-0.1, -0.05) is 59.3 Å². The zero-order valence-corrected chi connectivity index (χ0v) is 20.8. The molecule has 6 nitrogen and oxygen atoms in total. The highest BCUT2D eigenvalue weighted by molar-refractivity contribution is 7.99. The number of carbonyl (C=O) groups is 1. The van der Waals surface area contributed by atoms with Gasteiger partial charge in [-0.25, -0.2) is 4.98 Å². The number of fused-ring (bicyclic) bond motifs is 3. The zero-order valence-electron chi connectivity index (χ0n) is 19.2. The lowest BCUT2D eigenvalue weighted by Crippen LogP contribution is -2.23. The SMILES string of the molecule is Cc1ccc(-n2c(SCC(=O)Nc3cc(C(F)(F)F)ccc3Cl)nc3c([nH]c4ccccc43)c2=O)cc1. The van der Waals surface area contributed by atoms with Crippen LogP contribution in [0.2, 0.25) is 5.02 Å². The molecule has 3 aromatic carbocycles. The number of carbonyl (C=O) groups excluding carboxylic acids is 1. The molecule has 188 valence electrons. The van der Waals surface area contributed by atoms with E-state index in [1.54, 1.807) is 12.1 Å². The van der Waals surface area contributed by atoms with Crippen LogP contribution in [0.25, 0.3) is 27.6 Å². The first-order valence-electron chi connectivity index (χ1n) is 11.0. The molecule has 0 atom stereocenters. The average molecular weight is 543 g/mol. The van der Waals surface area contributed by atoms with Crippen LogP contribution in [0.4, 0.5) is 18.9 Å². The molecule has 11 heteroatoms. The first-order chi connectivity index (χ1) is 17.6. The van der Waals surface area contributed by atoms with Crippen molar-refractivity contribution in [1.82, 2.24) is 14.5 Å². The summed E-state index contributed by atoms with van der Waals surface area (Å²) in [7, 11) is 0. The van der Waals surface area contributed by atoms with E-state index < -0.39 is 17.6 Å². The summed E-state index contributed by atoms with van der Waals surface area (Å²) in [5, 5.41) is 3.41. The van der Waals surface area contributed by atoms with E-state index in [4.69, 9.17) is 16.6 Å². The van der Waals surface area contributed by atoms with Gasteiger partial charge in [0.2, 0.25) is 5.91 Å². The Kier molecular flexibility index (Phi) is 6.47. The number of thioether (sulfide) groups is 1. The van der Waals surface area contributed by atoms with E-state index >= 15 is 0 Å².